The third kappa shape index (κ3) is 6.16. The first-order valence-corrected chi connectivity index (χ1v) is 13.4. The molecule has 3 fully saturated rings. The Hall–Kier alpha value is -3.13. The van der Waals surface area contributed by atoms with Gasteiger partial charge in [0.2, 0.25) is 0 Å². The number of nitrogens with two attached hydrogens (primary N) is 1. The van der Waals surface area contributed by atoms with E-state index in [4.69, 9.17) is 20.4 Å². The van der Waals surface area contributed by atoms with Crippen LogP contribution in [0, 0.1) is 12.8 Å². The van der Waals surface area contributed by atoms with Crippen molar-refractivity contribution in [2.24, 2.45) is 11.7 Å². The SMILES string of the molecule is Cc1cc(C(=CN)c2nc(NCC3CCOCC3)cc(NC3CCCC3)n2)ccc1C(=O)NC1CC1. The van der Waals surface area contributed by atoms with Crippen molar-refractivity contribution < 1.29 is 9.53 Å². The summed E-state index contributed by atoms with van der Waals surface area (Å²) in [7, 11) is 0. The Morgan fingerprint density at radius 2 is 1.78 bits per heavy atom. The van der Waals surface area contributed by atoms with E-state index in [-0.39, 0.29) is 5.91 Å². The van der Waals surface area contributed by atoms with E-state index in [1.165, 1.54) is 12.8 Å². The first-order chi connectivity index (χ1) is 17.6. The van der Waals surface area contributed by atoms with Crippen molar-refractivity contribution in [2.45, 2.75) is 70.4 Å². The highest BCUT2D eigenvalue weighted by atomic mass is 16.5. The maximum atomic E-state index is 12.6. The van der Waals surface area contributed by atoms with Gasteiger partial charge in [0.1, 0.15) is 11.6 Å². The Kier molecular flexibility index (Phi) is 7.70. The lowest BCUT2D eigenvalue weighted by molar-refractivity contribution is 0.0699. The highest BCUT2D eigenvalue weighted by Crippen LogP contribution is 2.28. The van der Waals surface area contributed by atoms with Crippen molar-refractivity contribution in [3.63, 3.8) is 0 Å². The van der Waals surface area contributed by atoms with E-state index in [1.54, 1.807) is 6.20 Å². The van der Waals surface area contributed by atoms with Crippen LogP contribution in [0.2, 0.25) is 0 Å². The smallest absolute Gasteiger partial charge is 0.251 e. The summed E-state index contributed by atoms with van der Waals surface area (Å²) >= 11 is 0. The number of rotatable bonds is 9. The number of aromatic nitrogens is 2. The van der Waals surface area contributed by atoms with E-state index in [9.17, 15) is 4.79 Å². The second-order valence-corrected chi connectivity index (χ2v) is 10.4. The molecule has 8 heteroatoms. The monoisotopic (exact) mass is 490 g/mol. The molecule has 1 aromatic heterocycles. The molecule has 0 unspecified atom stereocenters. The van der Waals surface area contributed by atoms with Crippen molar-refractivity contribution in [3.05, 3.63) is 53.0 Å². The van der Waals surface area contributed by atoms with E-state index < -0.39 is 0 Å². The standard InChI is InChI=1S/C28H38N6O2/c1-18-14-20(6-9-23(18)28(35)32-22-7-8-22)24(16-29)27-33-25(30-17-19-10-12-36-13-11-19)15-26(34-27)31-21-4-2-3-5-21/h6,9,14-16,19,21-22H,2-5,7-8,10-13,17,29H2,1H3,(H,32,35)(H2,30,31,33,34). The minimum Gasteiger partial charge on any atom is -0.404 e. The topological polar surface area (TPSA) is 114 Å². The molecule has 1 amide bonds. The van der Waals surface area contributed by atoms with E-state index in [0.717, 1.165) is 86.6 Å². The summed E-state index contributed by atoms with van der Waals surface area (Å²) in [6.07, 6.45) is 10.6. The molecule has 192 valence electrons. The van der Waals surface area contributed by atoms with Gasteiger partial charge >= 0.3 is 0 Å². The number of amides is 1. The molecule has 5 rings (SSSR count). The van der Waals surface area contributed by atoms with Gasteiger partial charge in [-0.25, -0.2) is 9.97 Å². The summed E-state index contributed by atoms with van der Waals surface area (Å²) in [5, 5.41) is 10.2. The lowest BCUT2D eigenvalue weighted by Gasteiger charge is -2.23. The average molecular weight is 491 g/mol. The minimum atomic E-state index is -0.0153. The van der Waals surface area contributed by atoms with E-state index >= 15 is 0 Å². The maximum Gasteiger partial charge on any atom is 0.251 e. The molecular weight excluding hydrogens is 452 g/mol. The lowest BCUT2D eigenvalue weighted by Crippen LogP contribution is -2.26. The number of carbonyl (C=O) groups excluding carboxylic acids is 1. The Morgan fingerprint density at radius 1 is 1.03 bits per heavy atom. The number of nitrogens with one attached hydrogen (secondary N) is 3. The largest absolute Gasteiger partial charge is 0.404 e. The van der Waals surface area contributed by atoms with Gasteiger partial charge in [0, 0.05) is 55.2 Å². The number of hydrogen-bond acceptors (Lipinski definition) is 7. The van der Waals surface area contributed by atoms with Gasteiger partial charge in [0.15, 0.2) is 5.82 Å². The van der Waals surface area contributed by atoms with E-state index in [1.807, 2.05) is 31.2 Å². The van der Waals surface area contributed by atoms with Crippen molar-refractivity contribution in [1.29, 1.82) is 0 Å². The molecule has 0 bridgehead atoms. The second-order valence-electron chi connectivity index (χ2n) is 10.4. The number of anilines is 2. The minimum absolute atomic E-state index is 0.0153. The van der Waals surface area contributed by atoms with Crippen LogP contribution in [0.5, 0.6) is 0 Å². The zero-order valence-corrected chi connectivity index (χ0v) is 21.2. The zero-order valence-electron chi connectivity index (χ0n) is 21.2. The van der Waals surface area contributed by atoms with Gasteiger partial charge in [-0.15, -0.1) is 0 Å². The first kappa shape index (κ1) is 24.6. The fraction of sp³-hybridized carbons (Fsp3) is 0.536. The van der Waals surface area contributed by atoms with Crippen LogP contribution in [0.3, 0.4) is 0 Å². The normalized spacial score (nSPS) is 19.3. The van der Waals surface area contributed by atoms with Crippen molar-refractivity contribution in [1.82, 2.24) is 15.3 Å². The molecule has 8 nitrogen and oxygen atoms in total. The predicted octanol–water partition coefficient (Wildman–Crippen LogP) is 4.22. The Balaban J connectivity index is 1.39. The molecule has 2 aromatic rings. The van der Waals surface area contributed by atoms with Crippen LogP contribution >= 0.6 is 0 Å². The van der Waals surface area contributed by atoms with Crippen molar-refractivity contribution in [2.75, 3.05) is 30.4 Å². The van der Waals surface area contributed by atoms with Gasteiger partial charge in [-0.1, -0.05) is 25.0 Å². The molecule has 5 N–H and O–H groups in total. The van der Waals surface area contributed by atoms with Crippen molar-refractivity contribution in [3.8, 4) is 0 Å². The average Bonchev–Trinajstić information content (AvgIpc) is 3.55. The van der Waals surface area contributed by atoms with Crippen molar-refractivity contribution >= 4 is 23.1 Å². The molecule has 1 aliphatic heterocycles. The summed E-state index contributed by atoms with van der Waals surface area (Å²) in [6, 6.07) is 8.57. The molecule has 3 aliphatic rings. The summed E-state index contributed by atoms with van der Waals surface area (Å²) in [6.45, 7) is 4.46. The van der Waals surface area contributed by atoms with Gasteiger partial charge in [-0.3, -0.25) is 4.79 Å². The predicted molar refractivity (Wildman–Crippen MR) is 143 cm³/mol. The Morgan fingerprint density at radius 3 is 2.47 bits per heavy atom. The van der Waals surface area contributed by atoms with Gasteiger partial charge in [0.25, 0.3) is 5.91 Å². The van der Waals surface area contributed by atoms with Crippen LogP contribution in [-0.2, 0) is 4.74 Å². The quantitative estimate of drug-likeness (QED) is 0.416. The van der Waals surface area contributed by atoms with Crippen LogP contribution in [0.15, 0.2) is 30.5 Å². The highest BCUT2D eigenvalue weighted by molar-refractivity contribution is 5.96. The number of ether oxygens (including phenoxy) is 1. The number of benzene rings is 1. The van der Waals surface area contributed by atoms with Crippen LogP contribution in [-0.4, -0.2) is 47.7 Å². The van der Waals surface area contributed by atoms with Gasteiger partial charge in [0.05, 0.1) is 0 Å². The third-order valence-corrected chi connectivity index (χ3v) is 7.45. The zero-order chi connectivity index (χ0) is 24.9. The highest BCUT2D eigenvalue weighted by Gasteiger charge is 2.25. The molecule has 1 saturated heterocycles. The molecular formula is C28H38N6O2. The molecule has 0 radical (unpaired) electrons. The fourth-order valence-corrected chi connectivity index (χ4v) is 5.09. The molecule has 2 heterocycles. The maximum absolute atomic E-state index is 12.6. The molecule has 0 spiro atoms. The number of carbonyl (C=O) groups is 1. The number of aryl methyl sites for hydroxylation is 1. The summed E-state index contributed by atoms with van der Waals surface area (Å²) in [4.78, 5) is 22.3. The first-order valence-electron chi connectivity index (χ1n) is 13.4. The second kappa shape index (κ2) is 11.3. The number of nitrogens with zero attached hydrogens (tertiary/aromatic N) is 2. The summed E-state index contributed by atoms with van der Waals surface area (Å²) < 4.78 is 5.50. The molecule has 2 saturated carbocycles. The van der Waals surface area contributed by atoms with Crippen LogP contribution in [0.25, 0.3) is 5.57 Å². The Bertz CT molecular complexity index is 1100. The lowest BCUT2D eigenvalue weighted by atomic mass is 9.99. The molecule has 36 heavy (non-hydrogen) atoms. The third-order valence-electron chi connectivity index (χ3n) is 7.45. The van der Waals surface area contributed by atoms with Gasteiger partial charge in [-0.05, 0) is 68.6 Å². The molecule has 1 aromatic carbocycles. The van der Waals surface area contributed by atoms with Gasteiger partial charge < -0.3 is 26.4 Å². The summed E-state index contributed by atoms with van der Waals surface area (Å²) in [5.41, 5.74) is 9.38. The fourth-order valence-electron chi connectivity index (χ4n) is 5.09. The molecule has 2 aliphatic carbocycles. The van der Waals surface area contributed by atoms with Crippen LogP contribution in [0.4, 0.5) is 11.6 Å². The van der Waals surface area contributed by atoms with E-state index in [0.29, 0.717) is 29.4 Å². The Labute approximate surface area is 213 Å². The van der Waals surface area contributed by atoms with Crippen LogP contribution in [0.1, 0.15) is 78.7 Å². The summed E-state index contributed by atoms with van der Waals surface area (Å²) in [5.74, 6) is 2.74. The van der Waals surface area contributed by atoms with E-state index in [2.05, 4.69) is 16.0 Å². The van der Waals surface area contributed by atoms with Gasteiger partial charge in [-0.2, -0.15) is 0 Å². The molecule has 0 atom stereocenters. The number of hydrogen-bond donors (Lipinski definition) is 4. The van der Waals surface area contributed by atoms with Crippen LogP contribution < -0.4 is 21.7 Å².